The molecule has 5 heteroatoms. The normalized spacial score (nSPS) is 16.4. The van der Waals surface area contributed by atoms with Crippen molar-refractivity contribution in [2.45, 2.75) is 19.4 Å². The van der Waals surface area contributed by atoms with Gasteiger partial charge in [-0.3, -0.25) is 9.69 Å². The largest absolute Gasteiger partial charge is 0.468 e. The Bertz CT molecular complexity index is 634. The maximum atomic E-state index is 12.2. The van der Waals surface area contributed by atoms with E-state index in [1.807, 2.05) is 36.4 Å². The minimum absolute atomic E-state index is 0.00418. The van der Waals surface area contributed by atoms with Crippen LogP contribution in [0.1, 0.15) is 29.0 Å². The van der Waals surface area contributed by atoms with Gasteiger partial charge in [-0.1, -0.05) is 12.1 Å². The van der Waals surface area contributed by atoms with Crippen molar-refractivity contribution in [3.8, 4) is 0 Å². The molecule has 122 valence electrons. The number of benzene rings is 1. The van der Waals surface area contributed by atoms with E-state index in [0.29, 0.717) is 11.5 Å². The fourth-order valence-corrected chi connectivity index (χ4v) is 3.41. The summed E-state index contributed by atoms with van der Waals surface area (Å²) in [5, 5.41) is 3.06. The summed E-state index contributed by atoms with van der Waals surface area (Å²) in [5.74, 6) is 1.57. The second kappa shape index (κ2) is 7.79. The first-order chi connectivity index (χ1) is 11.2. The van der Waals surface area contributed by atoms with Gasteiger partial charge in [0.25, 0.3) is 5.91 Å². The second-order valence-electron chi connectivity index (χ2n) is 5.99. The lowest BCUT2D eigenvalue weighted by Gasteiger charge is -2.31. The Morgan fingerprint density at radius 3 is 2.70 bits per heavy atom. The summed E-state index contributed by atoms with van der Waals surface area (Å²) in [7, 11) is 0. The van der Waals surface area contributed by atoms with Gasteiger partial charge in [-0.25, -0.2) is 0 Å². The number of furan rings is 1. The van der Waals surface area contributed by atoms with E-state index in [1.165, 1.54) is 0 Å². The van der Waals surface area contributed by atoms with E-state index in [4.69, 9.17) is 4.42 Å². The number of halogens is 1. The van der Waals surface area contributed by atoms with Gasteiger partial charge in [0, 0.05) is 11.0 Å². The highest BCUT2D eigenvalue weighted by Gasteiger charge is 2.20. The van der Waals surface area contributed by atoms with Crippen LogP contribution in [0.15, 0.2) is 51.6 Å². The van der Waals surface area contributed by atoms with E-state index in [2.05, 4.69) is 26.1 Å². The monoisotopic (exact) mass is 376 g/mol. The Kier molecular flexibility index (Phi) is 5.51. The molecule has 1 aromatic carbocycles. The molecule has 0 unspecified atom stereocenters. The molecule has 1 N–H and O–H groups in total. The SMILES string of the molecule is O=C(NCC1CCN(Cc2ccco2)CC1)c1ccccc1Br. The third kappa shape index (κ3) is 4.45. The van der Waals surface area contributed by atoms with Crippen molar-refractivity contribution in [3.05, 3.63) is 58.5 Å². The Morgan fingerprint density at radius 2 is 2.00 bits per heavy atom. The molecule has 2 heterocycles. The Hall–Kier alpha value is -1.59. The molecule has 0 aliphatic carbocycles. The number of hydrogen-bond donors (Lipinski definition) is 1. The average molecular weight is 377 g/mol. The third-order valence-electron chi connectivity index (χ3n) is 4.34. The molecule has 2 aromatic rings. The van der Waals surface area contributed by atoms with Crippen molar-refractivity contribution in [1.29, 1.82) is 0 Å². The Morgan fingerprint density at radius 1 is 1.22 bits per heavy atom. The van der Waals surface area contributed by atoms with E-state index in [9.17, 15) is 4.79 Å². The van der Waals surface area contributed by atoms with E-state index < -0.39 is 0 Å². The number of amides is 1. The Balaban J connectivity index is 1.42. The number of carbonyl (C=O) groups is 1. The van der Waals surface area contributed by atoms with Crippen molar-refractivity contribution in [1.82, 2.24) is 10.2 Å². The summed E-state index contributed by atoms with van der Waals surface area (Å²) < 4.78 is 6.24. The lowest BCUT2D eigenvalue weighted by Crippen LogP contribution is -2.38. The van der Waals surface area contributed by atoms with Crippen LogP contribution in [0.2, 0.25) is 0 Å². The number of hydrogen-bond acceptors (Lipinski definition) is 3. The van der Waals surface area contributed by atoms with Crippen molar-refractivity contribution >= 4 is 21.8 Å². The third-order valence-corrected chi connectivity index (χ3v) is 5.03. The maximum Gasteiger partial charge on any atom is 0.252 e. The smallest absolute Gasteiger partial charge is 0.252 e. The molecule has 1 aliphatic rings. The highest BCUT2D eigenvalue weighted by atomic mass is 79.9. The molecule has 0 atom stereocenters. The lowest BCUT2D eigenvalue weighted by atomic mass is 9.96. The number of piperidine rings is 1. The second-order valence-corrected chi connectivity index (χ2v) is 6.84. The lowest BCUT2D eigenvalue weighted by molar-refractivity contribution is 0.0933. The first-order valence-electron chi connectivity index (χ1n) is 8.00. The molecule has 3 rings (SSSR count). The molecular formula is C18H21BrN2O2. The average Bonchev–Trinajstić information content (AvgIpc) is 3.07. The number of likely N-dealkylation sites (tertiary alicyclic amines) is 1. The summed E-state index contributed by atoms with van der Waals surface area (Å²) in [6, 6.07) is 11.5. The summed E-state index contributed by atoms with van der Waals surface area (Å²) in [6.45, 7) is 3.73. The van der Waals surface area contributed by atoms with Gasteiger partial charge >= 0.3 is 0 Å². The highest BCUT2D eigenvalue weighted by molar-refractivity contribution is 9.10. The minimum Gasteiger partial charge on any atom is -0.468 e. The van der Waals surface area contributed by atoms with Gasteiger partial charge in [-0.2, -0.15) is 0 Å². The van der Waals surface area contributed by atoms with Gasteiger partial charge < -0.3 is 9.73 Å². The molecule has 1 aliphatic heterocycles. The van der Waals surface area contributed by atoms with Crippen LogP contribution in [0.4, 0.5) is 0 Å². The number of rotatable bonds is 5. The molecule has 4 nitrogen and oxygen atoms in total. The van der Waals surface area contributed by atoms with Crippen LogP contribution in [0.3, 0.4) is 0 Å². The van der Waals surface area contributed by atoms with Crippen molar-refractivity contribution in [3.63, 3.8) is 0 Å². The van der Waals surface area contributed by atoms with Gasteiger partial charge in [0.05, 0.1) is 18.4 Å². The minimum atomic E-state index is -0.00418. The number of nitrogens with zero attached hydrogens (tertiary/aromatic N) is 1. The summed E-state index contributed by atoms with van der Waals surface area (Å²) in [4.78, 5) is 14.6. The summed E-state index contributed by atoms with van der Waals surface area (Å²) in [5.41, 5.74) is 0.697. The quantitative estimate of drug-likeness (QED) is 0.865. The van der Waals surface area contributed by atoms with Crippen LogP contribution in [-0.4, -0.2) is 30.4 Å². The molecule has 0 bridgehead atoms. The van der Waals surface area contributed by atoms with Crippen molar-refractivity contribution < 1.29 is 9.21 Å². The van der Waals surface area contributed by atoms with E-state index in [1.54, 1.807) is 6.26 Å². The van der Waals surface area contributed by atoms with Gasteiger partial charge in [0.15, 0.2) is 0 Å². The van der Waals surface area contributed by atoms with E-state index in [-0.39, 0.29) is 5.91 Å². The predicted octanol–water partition coefficient (Wildman–Crippen LogP) is 3.68. The summed E-state index contributed by atoms with van der Waals surface area (Å²) in [6.07, 6.45) is 3.94. The molecule has 0 saturated carbocycles. The van der Waals surface area contributed by atoms with Crippen LogP contribution in [0.25, 0.3) is 0 Å². The fraction of sp³-hybridized carbons (Fsp3) is 0.389. The first kappa shape index (κ1) is 16.3. The molecule has 1 fully saturated rings. The maximum absolute atomic E-state index is 12.2. The van der Waals surface area contributed by atoms with Gasteiger partial charge in [-0.15, -0.1) is 0 Å². The van der Waals surface area contributed by atoms with Gasteiger partial charge in [-0.05, 0) is 72.0 Å². The van der Waals surface area contributed by atoms with E-state index >= 15 is 0 Å². The van der Waals surface area contributed by atoms with E-state index in [0.717, 1.165) is 49.3 Å². The van der Waals surface area contributed by atoms with Gasteiger partial charge in [0.1, 0.15) is 5.76 Å². The molecule has 1 amide bonds. The first-order valence-corrected chi connectivity index (χ1v) is 8.79. The van der Waals surface area contributed by atoms with Crippen LogP contribution >= 0.6 is 15.9 Å². The molecule has 0 spiro atoms. The van der Waals surface area contributed by atoms with Crippen LogP contribution in [0.5, 0.6) is 0 Å². The Labute approximate surface area is 145 Å². The number of nitrogens with one attached hydrogen (secondary N) is 1. The zero-order valence-electron chi connectivity index (χ0n) is 13.0. The molecule has 1 saturated heterocycles. The topological polar surface area (TPSA) is 45.5 Å². The van der Waals surface area contributed by atoms with Crippen LogP contribution in [0, 0.1) is 5.92 Å². The predicted molar refractivity (Wildman–Crippen MR) is 93.2 cm³/mol. The van der Waals surface area contributed by atoms with Gasteiger partial charge in [0.2, 0.25) is 0 Å². The zero-order valence-corrected chi connectivity index (χ0v) is 14.6. The number of carbonyl (C=O) groups excluding carboxylic acids is 1. The highest BCUT2D eigenvalue weighted by Crippen LogP contribution is 2.19. The standard InChI is InChI=1S/C18H21BrN2O2/c19-17-6-2-1-5-16(17)18(22)20-12-14-7-9-21(10-8-14)13-15-4-3-11-23-15/h1-6,11,14H,7-10,12-13H2,(H,20,22). The summed E-state index contributed by atoms with van der Waals surface area (Å²) >= 11 is 3.42. The van der Waals surface area contributed by atoms with Crippen molar-refractivity contribution in [2.75, 3.05) is 19.6 Å². The molecular weight excluding hydrogens is 356 g/mol. The molecule has 23 heavy (non-hydrogen) atoms. The zero-order chi connectivity index (χ0) is 16.1. The molecule has 0 radical (unpaired) electrons. The van der Waals surface area contributed by atoms with Crippen LogP contribution in [-0.2, 0) is 6.54 Å². The van der Waals surface area contributed by atoms with Crippen molar-refractivity contribution in [2.24, 2.45) is 5.92 Å². The fourth-order valence-electron chi connectivity index (χ4n) is 2.95. The van der Waals surface area contributed by atoms with Crippen LogP contribution < -0.4 is 5.32 Å². The molecule has 1 aromatic heterocycles.